The second kappa shape index (κ2) is 6.47. The van der Waals surface area contributed by atoms with Gasteiger partial charge in [0.25, 0.3) is 11.8 Å². The van der Waals surface area contributed by atoms with Crippen LogP contribution >= 0.6 is 0 Å². The molecule has 0 radical (unpaired) electrons. The van der Waals surface area contributed by atoms with E-state index >= 15 is 0 Å². The van der Waals surface area contributed by atoms with Gasteiger partial charge in [0, 0.05) is 32.6 Å². The third-order valence-corrected chi connectivity index (χ3v) is 6.92. The zero-order valence-corrected chi connectivity index (χ0v) is 16.4. The number of imide groups is 2. The van der Waals surface area contributed by atoms with Gasteiger partial charge in [-0.15, -0.1) is 0 Å². The summed E-state index contributed by atoms with van der Waals surface area (Å²) in [6.07, 6.45) is 0.295. The van der Waals surface area contributed by atoms with Crippen LogP contribution in [0.2, 0.25) is 0 Å². The third kappa shape index (κ3) is 2.81. The smallest absolute Gasteiger partial charge is 0.262 e. The van der Waals surface area contributed by atoms with Crippen LogP contribution in [-0.4, -0.2) is 65.6 Å². The van der Waals surface area contributed by atoms with Crippen LogP contribution in [0, 0.1) is 11.3 Å². The Morgan fingerprint density at radius 2 is 2.00 bits per heavy atom. The third-order valence-electron chi connectivity index (χ3n) is 6.92. The van der Waals surface area contributed by atoms with Crippen molar-refractivity contribution in [3.8, 4) is 0 Å². The average molecular weight is 396 g/mol. The molecule has 3 saturated heterocycles. The minimum Gasteiger partial charge on any atom is -0.316 e. The van der Waals surface area contributed by atoms with Crippen LogP contribution < -0.4 is 10.6 Å². The molecule has 1 unspecified atom stereocenters. The zero-order valence-electron chi connectivity index (χ0n) is 16.4. The standard InChI is InChI=1S/C21H24N4O4/c1-21-10-22-7-13(21)9-24(11-21)8-12-3-2-4-14-17(12)20(29)25(19(14)28)15-5-6-16(26)23-18(15)27/h2-4,13,15,22H,5-11H2,1H3,(H,23,26,27)/t13-,15?,21+/m1/s1. The summed E-state index contributed by atoms with van der Waals surface area (Å²) in [6.45, 7) is 6.84. The van der Waals surface area contributed by atoms with Crippen LogP contribution in [0.25, 0.3) is 0 Å². The molecule has 1 aromatic carbocycles. The Kier molecular flexibility index (Phi) is 4.11. The number of amides is 4. The highest BCUT2D eigenvalue weighted by Crippen LogP contribution is 2.39. The van der Waals surface area contributed by atoms with Crippen molar-refractivity contribution in [2.75, 3.05) is 26.2 Å². The summed E-state index contributed by atoms with van der Waals surface area (Å²) in [5, 5.41) is 5.70. The minimum absolute atomic E-state index is 0.123. The molecule has 0 spiro atoms. The number of likely N-dealkylation sites (tertiary alicyclic amines) is 1. The first-order valence-electron chi connectivity index (χ1n) is 10.1. The fourth-order valence-corrected chi connectivity index (χ4v) is 5.36. The van der Waals surface area contributed by atoms with E-state index in [4.69, 9.17) is 0 Å². The van der Waals surface area contributed by atoms with Gasteiger partial charge >= 0.3 is 0 Å². The molecule has 4 aliphatic heterocycles. The summed E-state index contributed by atoms with van der Waals surface area (Å²) < 4.78 is 0. The first kappa shape index (κ1) is 18.4. The van der Waals surface area contributed by atoms with Gasteiger partial charge in [-0.05, 0) is 35.9 Å². The van der Waals surface area contributed by atoms with Gasteiger partial charge in [0.05, 0.1) is 11.1 Å². The number of fused-ring (bicyclic) bond motifs is 2. The van der Waals surface area contributed by atoms with Crippen molar-refractivity contribution >= 4 is 23.6 Å². The Hall–Kier alpha value is -2.58. The fraction of sp³-hybridized carbons (Fsp3) is 0.524. The van der Waals surface area contributed by atoms with E-state index in [-0.39, 0.29) is 24.2 Å². The largest absolute Gasteiger partial charge is 0.316 e. The lowest BCUT2D eigenvalue weighted by atomic mass is 9.83. The molecule has 0 saturated carbocycles. The number of rotatable bonds is 3. The quantitative estimate of drug-likeness (QED) is 0.705. The van der Waals surface area contributed by atoms with E-state index in [0.717, 1.165) is 36.6 Å². The number of carbonyl (C=O) groups excluding carboxylic acids is 4. The molecular formula is C21H24N4O4. The van der Waals surface area contributed by atoms with Crippen molar-refractivity contribution in [3.63, 3.8) is 0 Å². The molecule has 0 bridgehead atoms. The molecular weight excluding hydrogens is 372 g/mol. The number of nitrogens with one attached hydrogen (secondary N) is 2. The molecule has 0 aromatic heterocycles. The lowest BCUT2D eigenvalue weighted by Gasteiger charge is -2.28. The highest BCUT2D eigenvalue weighted by Gasteiger charge is 2.48. The molecule has 2 N–H and O–H groups in total. The first-order chi connectivity index (χ1) is 13.9. The molecule has 1 aromatic rings. The lowest BCUT2D eigenvalue weighted by Crippen LogP contribution is -2.54. The summed E-state index contributed by atoms with van der Waals surface area (Å²) in [5.41, 5.74) is 1.83. The molecule has 8 heteroatoms. The van der Waals surface area contributed by atoms with Crippen LogP contribution in [0.4, 0.5) is 0 Å². The Balaban J connectivity index is 1.41. The van der Waals surface area contributed by atoms with Crippen molar-refractivity contribution in [1.29, 1.82) is 0 Å². The molecule has 4 aliphatic rings. The van der Waals surface area contributed by atoms with Crippen molar-refractivity contribution in [2.45, 2.75) is 32.4 Å². The molecule has 5 rings (SSSR count). The number of nitrogens with zero attached hydrogens (tertiary/aromatic N) is 2. The van der Waals surface area contributed by atoms with Crippen molar-refractivity contribution in [1.82, 2.24) is 20.4 Å². The summed E-state index contributed by atoms with van der Waals surface area (Å²) in [7, 11) is 0. The van der Waals surface area contributed by atoms with Gasteiger partial charge < -0.3 is 5.32 Å². The van der Waals surface area contributed by atoms with Crippen molar-refractivity contribution < 1.29 is 19.2 Å². The Bertz CT molecular complexity index is 945. The second-order valence-corrected chi connectivity index (χ2v) is 8.94. The number of hydrogen-bond donors (Lipinski definition) is 2. The number of carbonyl (C=O) groups is 4. The predicted molar refractivity (Wildman–Crippen MR) is 103 cm³/mol. The van der Waals surface area contributed by atoms with E-state index in [1.165, 1.54) is 0 Å². The minimum atomic E-state index is -0.927. The fourth-order valence-electron chi connectivity index (χ4n) is 5.36. The molecule has 3 atom stereocenters. The monoisotopic (exact) mass is 396 g/mol. The average Bonchev–Trinajstić information content (AvgIpc) is 3.25. The molecule has 29 heavy (non-hydrogen) atoms. The summed E-state index contributed by atoms with van der Waals surface area (Å²) >= 11 is 0. The van der Waals surface area contributed by atoms with E-state index in [1.807, 2.05) is 6.07 Å². The van der Waals surface area contributed by atoms with E-state index in [2.05, 4.69) is 22.5 Å². The van der Waals surface area contributed by atoms with Crippen LogP contribution in [0.5, 0.6) is 0 Å². The van der Waals surface area contributed by atoms with Gasteiger partial charge in [0.1, 0.15) is 6.04 Å². The summed E-state index contributed by atoms with van der Waals surface area (Å²) in [5.74, 6) is -1.23. The van der Waals surface area contributed by atoms with Crippen molar-refractivity contribution in [3.05, 3.63) is 34.9 Å². The Morgan fingerprint density at radius 3 is 2.76 bits per heavy atom. The van der Waals surface area contributed by atoms with Crippen molar-refractivity contribution in [2.24, 2.45) is 11.3 Å². The van der Waals surface area contributed by atoms with Gasteiger partial charge in [-0.3, -0.25) is 34.3 Å². The normalized spacial score (nSPS) is 32.0. The Morgan fingerprint density at radius 1 is 1.17 bits per heavy atom. The summed E-state index contributed by atoms with van der Waals surface area (Å²) in [6, 6.07) is 4.42. The van der Waals surface area contributed by atoms with E-state index in [9.17, 15) is 19.2 Å². The van der Waals surface area contributed by atoms with E-state index < -0.39 is 23.8 Å². The van der Waals surface area contributed by atoms with Crippen LogP contribution in [0.1, 0.15) is 46.0 Å². The molecule has 4 heterocycles. The summed E-state index contributed by atoms with van der Waals surface area (Å²) in [4.78, 5) is 53.2. The lowest BCUT2D eigenvalue weighted by molar-refractivity contribution is -0.136. The maximum atomic E-state index is 13.2. The first-order valence-corrected chi connectivity index (χ1v) is 10.1. The maximum absolute atomic E-state index is 13.2. The highest BCUT2D eigenvalue weighted by molar-refractivity contribution is 6.24. The van der Waals surface area contributed by atoms with Gasteiger partial charge in [0.15, 0.2) is 0 Å². The number of hydrogen-bond acceptors (Lipinski definition) is 6. The van der Waals surface area contributed by atoms with Crippen LogP contribution in [0.15, 0.2) is 18.2 Å². The van der Waals surface area contributed by atoms with Crippen LogP contribution in [0.3, 0.4) is 0 Å². The molecule has 3 fully saturated rings. The molecule has 4 amide bonds. The predicted octanol–water partition coefficient (Wildman–Crippen LogP) is 0.129. The van der Waals surface area contributed by atoms with Crippen LogP contribution in [-0.2, 0) is 16.1 Å². The zero-order chi connectivity index (χ0) is 20.3. The molecule has 0 aliphatic carbocycles. The van der Waals surface area contributed by atoms with Gasteiger partial charge in [-0.25, -0.2) is 0 Å². The van der Waals surface area contributed by atoms with Gasteiger partial charge in [-0.1, -0.05) is 19.1 Å². The van der Waals surface area contributed by atoms with E-state index in [1.54, 1.807) is 12.1 Å². The second-order valence-electron chi connectivity index (χ2n) is 8.94. The molecule has 152 valence electrons. The number of piperidine rings is 1. The topological polar surface area (TPSA) is 98.8 Å². The Labute approximate surface area is 168 Å². The van der Waals surface area contributed by atoms with Gasteiger partial charge in [0.2, 0.25) is 11.8 Å². The molecule has 8 nitrogen and oxygen atoms in total. The highest BCUT2D eigenvalue weighted by atomic mass is 16.2. The SMILES string of the molecule is C[C@@]12CNC[C@@H]1CN(Cc1cccc3c1C(=O)N(C1CCC(=O)NC1=O)C3=O)C2. The van der Waals surface area contributed by atoms with E-state index in [0.29, 0.717) is 23.6 Å². The van der Waals surface area contributed by atoms with Gasteiger partial charge in [-0.2, -0.15) is 0 Å². The number of benzene rings is 1. The maximum Gasteiger partial charge on any atom is 0.262 e.